The molecule has 0 atom stereocenters. The van der Waals surface area contributed by atoms with Gasteiger partial charge in [-0.3, -0.25) is 4.79 Å². The molecule has 0 radical (unpaired) electrons. The highest BCUT2D eigenvalue weighted by Gasteiger charge is 2.20. The number of hydrogen-bond donors (Lipinski definition) is 3. The van der Waals surface area contributed by atoms with E-state index in [-0.39, 0.29) is 23.6 Å². The van der Waals surface area contributed by atoms with Crippen LogP contribution >= 0.6 is 27.7 Å². The fraction of sp³-hybridized carbons (Fsp3) is 0.261. The van der Waals surface area contributed by atoms with Crippen molar-refractivity contribution in [2.24, 2.45) is 0 Å². The second-order valence-electron chi connectivity index (χ2n) is 6.41. The number of carbonyl (C=O) groups excluding carboxylic acids is 1. The number of terminal acetylenes is 1. The van der Waals surface area contributed by atoms with Crippen molar-refractivity contribution in [1.82, 2.24) is 13.6 Å². The summed E-state index contributed by atoms with van der Waals surface area (Å²) in [6.07, 6.45) is 8.00. The molecule has 1 aromatic heterocycles. The lowest BCUT2D eigenvalue weighted by molar-refractivity contribution is 0.0954. The Morgan fingerprint density at radius 3 is 2.34 bits per heavy atom. The summed E-state index contributed by atoms with van der Waals surface area (Å²) in [5.74, 6) is 0.766. The number of rotatable bonds is 8. The first-order valence-corrected chi connectivity index (χ1v) is 11.4. The lowest BCUT2D eigenvalue weighted by Crippen LogP contribution is -2.22. The van der Waals surface area contributed by atoms with Gasteiger partial charge in [-0.2, -0.15) is 8.75 Å². The monoisotopic (exact) mass is 517 g/mol. The number of aromatic hydroxyl groups is 1. The van der Waals surface area contributed by atoms with E-state index in [1.165, 1.54) is 0 Å². The first-order valence-electron chi connectivity index (χ1n) is 9.86. The molecule has 0 unspecified atom stereocenters. The molecule has 0 saturated heterocycles. The average molecular weight is 518 g/mol. The first-order chi connectivity index (χ1) is 15.5. The van der Waals surface area contributed by atoms with E-state index in [2.05, 4.69) is 48.2 Å². The van der Waals surface area contributed by atoms with Gasteiger partial charge in [-0.15, -0.1) is 12.8 Å². The van der Waals surface area contributed by atoms with Crippen LogP contribution < -0.4 is 10.6 Å². The fourth-order valence-corrected chi connectivity index (χ4v) is 3.62. The highest BCUT2D eigenvalue weighted by molar-refractivity contribution is 9.10. The zero-order valence-electron chi connectivity index (χ0n) is 18.6. The lowest BCUT2D eigenvalue weighted by atomic mass is 10.1. The Morgan fingerprint density at radius 2 is 1.72 bits per heavy atom. The topological polar surface area (TPSA) is 90.4 Å². The summed E-state index contributed by atoms with van der Waals surface area (Å²) in [5.41, 5.74) is 1.74. The Balaban J connectivity index is 0.00000121. The van der Waals surface area contributed by atoms with E-state index in [4.69, 9.17) is 0 Å². The Kier molecular flexibility index (Phi) is 12.0. The molecule has 3 rings (SSSR count). The van der Waals surface area contributed by atoms with Gasteiger partial charge < -0.3 is 20.6 Å². The molecular formula is C23H28BrN5O2S. The Morgan fingerprint density at radius 1 is 1.09 bits per heavy atom. The van der Waals surface area contributed by atoms with Gasteiger partial charge in [0.15, 0.2) is 23.2 Å². The number of Topliss-reactive ketones (excluding diaryl/α,β-unsaturated/α-hetero) is 1. The minimum atomic E-state index is -0.183. The van der Waals surface area contributed by atoms with Gasteiger partial charge in [-0.25, -0.2) is 0 Å². The molecule has 3 N–H and O–H groups in total. The molecule has 170 valence electrons. The third-order valence-corrected chi connectivity index (χ3v) is 5.10. The second kappa shape index (κ2) is 14.2. The first kappa shape index (κ1) is 27.1. The number of halogens is 1. The minimum Gasteiger partial charge on any atom is -0.505 e. The maximum atomic E-state index is 12.5. The molecule has 32 heavy (non-hydrogen) atoms. The molecule has 0 amide bonds. The fourth-order valence-electron chi connectivity index (χ4n) is 2.59. The van der Waals surface area contributed by atoms with Crippen molar-refractivity contribution in [3.8, 4) is 18.6 Å². The summed E-state index contributed by atoms with van der Waals surface area (Å²) in [6, 6.07) is 13.4. The summed E-state index contributed by atoms with van der Waals surface area (Å²) < 4.78 is 9.06. The maximum Gasteiger partial charge on any atom is 0.188 e. The van der Waals surface area contributed by atoms with Gasteiger partial charge in [0.25, 0.3) is 0 Å². The molecule has 9 heteroatoms. The van der Waals surface area contributed by atoms with Gasteiger partial charge in [0, 0.05) is 11.0 Å². The molecular weight excluding hydrogens is 490 g/mol. The van der Waals surface area contributed by atoms with E-state index in [9.17, 15) is 9.90 Å². The van der Waals surface area contributed by atoms with Crippen LogP contribution in [0.1, 0.15) is 29.8 Å². The number of ketones is 1. The van der Waals surface area contributed by atoms with E-state index >= 15 is 0 Å². The Hall–Kier alpha value is -2.93. The number of phenols is 1. The van der Waals surface area contributed by atoms with Gasteiger partial charge in [0.1, 0.15) is 0 Å². The third-order valence-electron chi connectivity index (χ3n) is 3.91. The van der Waals surface area contributed by atoms with E-state index in [1.54, 1.807) is 31.1 Å². The summed E-state index contributed by atoms with van der Waals surface area (Å²) in [6.45, 7) is 4.79. The molecule has 0 aliphatic rings. The van der Waals surface area contributed by atoms with Crippen molar-refractivity contribution < 1.29 is 9.90 Å². The average Bonchev–Trinajstić information content (AvgIpc) is 3.24. The van der Waals surface area contributed by atoms with Gasteiger partial charge in [-0.1, -0.05) is 44.2 Å². The normalized spacial score (nSPS) is 9.75. The smallest absolute Gasteiger partial charge is 0.188 e. The lowest BCUT2D eigenvalue weighted by Gasteiger charge is -2.14. The SMILES string of the molecule is C#C.CC.CN(C)CC(=O)c1c(Br)ccc(Nc2nsnc2NCc2ccccc2)c1O. The number of nitrogens with zero attached hydrogens (tertiary/aromatic N) is 3. The van der Waals surface area contributed by atoms with Gasteiger partial charge >= 0.3 is 0 Å². The number of phenolic OH excluding ortho intramolecular Hbond substituents is 1. The van der Waals surface area contributed by atoms with Crippen molar-refractivity contribution in [3.63, 3.8) is 0 Å². The number of nitrogens with one attached hydrogen (secondary N) is 2. The quantitative estimate of drug-likeness (QED) is 0.210. The summed E-state index contributed by atoms with van der Waals surface area (Å²) >= 11 is 4.41. The second-order valence-corrected chi connectivity index (χ2v) is 7.79. The van der Waals surface area contributed by atoms with Crippen molar-refractivity contribution in [1.29, 1.82) is 0 Å². The highest BCUT2D eigenvalue weighted by Crippen LogP contribution is 2.36. The van der Waals surface area contributed by atoms with Crippen LogP contribution in [0.3, 0.4) is 0 Å². The van der Waals surface area contributed by atoms with Crippen LogP contribution in [0.5, 0.6) is 5.75 Å². The summed E-state index contributed by atoms with van der Waals surface area (Å²) in [5, 5.41) is 17.0. The largest absolute Gasteiger partial charge is 0.505 e. The molecule has 2 aromatic carbocycles. The predicted molar refractivity (Wildman–Crippen MR) is 137 cm³/mol. The zero-order chi connectivity index (χ0) is 24.1. The van der Waals surface area contributed by atoms with E-state index in [0.29, 0.717) is 28.3 Å². The van der Waals surface area contributed by atoms with Crippen molar-refractivity contribution in [3.05, 3.63) is 58.1 Å². The minimum absolute atomic E-state index is 0.122. The van der Waals surface area contributed by atoms with Crippen molar-refractivity contribution >= 4 is 50.8 Å². The number of benzene rings is 2. The third kappa shape index (κ3) is 7.64. The standard InChI is InChI=1S/C19H20BrN5O2S.C2H6.C2H2/c1-25(2)11-15(26)16-13(20)8-9-14(17(16)27)22-19-18(23-28-24-19)21-10-12-6-4-3-5-7-12;2*1-2/h3-9,27H,10-11H2,1-2H3,(H,21,23)(H,22,24);1-2H3;1-2H. The van der Waals surface area contributed by atoms with Crippen LogP contribution in [0.25, 0.3) is 0 Å². The van der Waals surface area contributed by atoms with Crippen LogP contribution in [-0.2, 0) is 6.54 Å². The molecule has 0 spiro atoms. The number of anilines is 3. The number of likely N-dealkylation sites (N-methyl/N-ethyl adjacent to an activating group) is 1. The summed E-state index contributed by atoms with van der Waals surface area (Å²) in [4.78, 5) is 14.2. The van der Waals surface area contributed by atoms with Crippen molar-refractivity contribution in [2.75, 3.05) is 31.3 Å². The number of hydrogen-bond acceptors (Lipinski definition) is 8. The number of carbonyl (C=O) groups is 1. The van der Waals surface area contributed by atoms with Crippen LogP contribution in [0.4, 0.5) is 17.3 Å². The van der Waals surface area contributed by atoms with E-state index in [1.807, 2.05) is 44.2 Å². The van der Waals surface area contributed by atoms with E-state index in [0.717, 1.165) is 17.3 Å². The molecule has 3 aromatic rings. The maximum absolute atomic E-state index is 12.5. The van der Waals surface area contributed by atoms with Gasteiger partial charge in [-0.05, 0) is 47.7 Å². The van der Waals surface area contributed by atoms with Crippen molar-refractivity contribution in [2.45, 2.75) is 20.4 Å². The number of aromatic nitrogens is 2. The summed E-state index contributed by atoms with van der Waals surface area (Å²) in [7, 11) is 3.60. The zero-order valence-corrected chi connectivity index (χ0v) is 21.0. The molecule has 1 heterocycles. The molecule has 0 fully saturated rings. The van der Waals surface area contributed by atoms with Gasteiger partial charge in [0.05, 0.1) is 29.5 Å². The predicted octanol–water partition coefficient (Wildman–Crippen LogP) is 5.38. The molecule has 7 nitrogen and oxygen atoms in total. The molecule has 0 aliphatic heterocycles. The Bertz CT molecular complexity index is 1010. The van der Waals surface area contributed by atoms with Crippen LogP contribution in [-0.4, -0.2) is 45.2 Å². The van der Waals surface area contributed by atoms with Crippen LogP contribution in [0, 0.1) is 12.8 Å². The van der Waals surface area contributed by atoms with Crippen LogP contribution in [0.2, 0.25) is 0 Å². The molecule has 0 aliphatic carbocycles. The van der Waals surface area contributed by atoms with E-state index < -0.39 is 0 Å². The van der Waals surface area contributed by atoms with Gasteiger partial charge in [0.2, 0.25) is 0 Å². The Labute approximate surface area is 202 Å². The molecule has 0 saturated carbocycles. The van der Waals surface area contributed by atoms with Crippen LogP contribution in [0.15, 0.2) is 46.9 Å². The molecule has 0 bridgehead atoms. The highest BCUT2D eigenvalue weighted by atomic mass is 79.9.